The minimum Gasteiger partial charge on any atom is -0.481 e. The third-order valence-electron chi connectivity index (χ3n) is 2.60. The van der Waals surface area contributed by atoms with Gasteiger partial charge >= 0.3 is 5.97 Å². The molecule has 1 aromatic rings. The lowest BCUT2D eigenvalue weighted by atomic mass is 9.88. The van der Waals surface area contributed by atoms with E-state index in [4.69, 9.17) is 5.11 Å². The molecule has 0 saturated carbocycles. The van der Waals surface area contributed by atoms with Crippen molar-refractivity contribution < 1.29 is 9.90 Å². The molecule has 0 aromatic carbocycles. The molecule has 3 nitrogen and oxygen atoms in total. The predicted molar refractivity (Wildman–Crippen MR) is 54.8 cm³/mol. The molecule has 0 saturated heterocycles. The first-order valence-electron chi connectivity index (χ1n) is 4.85. The van der Waals surface area contributed by atoms with Crippen LogP contribution in [0.4, 0.5) is 0 Å². The predicted octanol–water partition coefficient (Wildman–Crippen LogP) is 2.35. The number of carboxylic acids is 1. The highest BCUT2D eigenvalue weighted by Gasteiger charge is 2.25. The van der Waals surface area contributed by atoms with Crippen molar-refractivity contribution in [1.29, 1.82) is 0 Å². The Kier molecular flexibility index (Phi) is 2.54. The van der Waals surface area contributed by atoms with E-state index in [0.717, 1.165) is 30.0 Å². The molecule has 1 unspecified atom stereocenters. The Hall–Kier alpha value is -0.900. The van der Waals surface area contributed by atoms with E-state index in [1.165, 1.54) is 4.88 Å². The number of nitrogens with zero attached hydrogens (tertiary/aromatic N) is 1. The standard InChI is InChI=1S/C10H13NO2S/c1-6-11-10-7(5-9(12)13)3-2-4-8(10)14-6/h7H,2-5H2,1H3,(H,12,13). The Labute approximate surface area is 86.8 Å². The number of hydrogen-bond acceptors (Lipinski definition) is 3. The first-order valence-corrected chi connectivity index (χ1v) is 5.66. The van der Waals surface area contributed by atoms with Gasteiger partial charge in [-0.3, -0.25) is 4.79 Å². The molecule has 2 rings (SSSR count). The molecular weight excluding hydrogens is 198 g/mol. The second-order valence-corrected chi connectivity index (χ2v) is 5.02. The molecule has 1 heterocycles. The molecule has 1 atom stereocenters. The Bertz CT molecular complexity index is 359. The van der Waals surface area contributed by atoms with Gasteiger partial charge in [0.1, 0.15) is 0 Å². The van der Waals surface area contributed by atoms with Gasteiger partial charge in [0.05, 0.1) is 17.1 Å². The van der Waals surface area contributed by atoms with Gasteiger partial charge in [-0.25, -0.2) is 4.98 Å². The van der Waals surface area contributed by atoms with Crippen LogP contribution in [0.5, 0.6) is 0 Å². The second-order valence-electron chi connectivity index (χ2n) is 3.73. The maximum absolute atomic E-state index is 10.7. The molecule has 1 aliphatic carbocycles. The number of carbonyl (C=O) groups is 1. The molecular formula is C10H13NO2S. The highest BCUT2D eigenvalue weighted by atomic mass is 32.1. The third kappa shape index (κ3) is 1.80. The van der Waals surface area contributed by atoms with Crippen molar-refractivity contribution in [2.24, 2.45) is 0 Å². The van der Waals surface area contributed by atoms with Gasteiger partial charge in [-0.15, -0.1) is 11.3 Å². The van der Waals surface area contributed by atoms with Crippen molar-refractivity contribution in [1.82, 2.24) is 4.98 Å². The van der Waals surface area contributed by atoms with Crippen molar-refractivity contribution in [3.05, 3.63) is 15.6 Å². The van der Waals surface area contributed by atoms with E-state index in [1.807, 2.05) is 6.92 Å². The van der Waals surface area contributed by atoms with Crippen molar-refractivity contribution in [2.75, 3.05) is 0 Å². The third-order valence-corrected chi connectivity index (χ3v) is 3.64. The largest absolute Gasteiger partial charge is 0.481 e. The van der Waals surface area contributed by atoms with Crippen LogP contribution in [0.15, 0.2) is 0 Å². The lowest BCUT2D eigenvalue weighted by Crippen LogP contribution is -2.12. The van der Waals surface area contributed by atoms with Gasteiger partial charge < -0.3 is 5.11 Å². The Morgan fingerprint density at radius 3 is 3.21 bits per heavy atom. The van der Waals surface area contributed by atoms with E-state index in [1.54, 1.807) is 11.3 Å². The zero-order chi connectivity index (χ0) is 10.1. The summed E-state index contributed by atoms with van der Waals surface area (Å²) in [4.78, 5) is 16.4. The number of aryl methyl sites for hydroxylation is 2. The van der Waals surface area contributed by atoms with Crippen LogP contribution in [0.25, 0.3) is 0 Å². The molecule has 76 valence electrons. The zero-order valence-corrected chi connectivity index (χ0v) is 8.93. The number of rotatable bonds is 2. The first-order chi connectivity index (χ1) is 6.66. The smallest absolute Gasteiger partial charge is 0.304 e. The highest BCUT2D eigenvalue weighted by Crippen LogP contribution is 2.36. The summed E-state index contributed by atoms with van der Waals surface area (Å²) in [5, 5.41) is 9.84. The average molecular weight is 211 g/mol. The molecule has 0 amide bonds. The fourth-order valence-corrected chi connectivity index (χ4v) is 3.10. The molecule has 14 heavy (non-hydrogen) atoms. The number of carboxylic acid groups (broad SMARTS) is 1. The van der Waals surface area contributed by atoms with Gasteiger partial charge in [0.25, 0.3) is 0 Å². The van der Waals surface area contributed by atoms with Gasteiger partial charge in [0.2, 0.25) is 0 Å². The van der Waals surface area contributed by atoms with E-state index >= 15 is 0 Å². The molecule has 0 spiro atoms. The van der Waals surface area contributed by atoms with Crippen LogP contribution in [-0.4, -0.2) is 16.1 Å². The number of fused-ring (bicyclic) bond motifs is 1. The monoisotopic (exact) mass is 211 g/mol. The fourth-order valence-electron chi connectivity index (χ4n) is 2.04. The van der Waals surface area contributed by atoms with Crippen molar-refractivity contribution in [3.8, 4) is 0 Å². The zero-order valence-electron chi connectivity index (χ0n) is 8.12. The number of thiazole rings is 1. The van der Waals surface area contributed by atoms with Crippen molar-refractivity contribution in [3.63, 3.8) is 0 Å². The fraction of sp³-hybridized carbons (Fsp3) is 0.600. The van der Waals surface area contributed by atoms with Gasteiger partial charge in [0, 0.05) is 10.8 Å². The Balaban J connectivity index is 2.25. The topological polar surface area (TPSA) is 50.2 Å². The van der Waals surface area contributed by atoms with Gasteiger partial charge in [-0.2, -0.15) is 0 Å². The molecule has 4 heteroatoms. The molecule has 0 fully saturated rings. The molecule has 1 aromatic heterocycles. The SMILES string of the molecule is Cc1nc2c(s1)CCCC2CC(=O)O. The summed E-state index contributed by atoms with van der Waals surface area (Å²) >= 11 is 1.72. The molecule has 0 radical (unpaired) electrons. The maximum Gasteiger partial charge on any atom is 0.304 e. The summed E-state index contributed by atoms with van der Waals surface area (Å²) in [6.07, 6.45) is 3.39. The molecule has 1 aliphatic rings. The summed E-state index contributed by atoms with van der Waals surface area (Å²) in [6.45, 7) is 1.99. The van der Waals surface area contributed by atoms with Crippen LogP contribution in [0.3, 0.4) is 0 Å². The summed E-state index contributed by atoms with van der Waals surface area (Å²) in [7, 11) is 0. The van der Waals surface area contributed by atoms with E-state index in [0.29, 0.717) is 0 Å². The van der Waals surface area contributed by atoms with E-state index in [-0.39, 0.29) is 12.3 Å². The minimum atomic E-state index is -0.714. The lowest BCUT2D eigenvalue weighted by molar-refractivity contribution is -0.137. The summed E-state index contributed by atoms with van der Waals surface area (Å²) in [6, 6.07) is 0. The Morgan fingerprint density at radius 1 is 1.71 bits per heavy atom. The lowest BCUT2D eigenvalue weighted by Gasteiger charge is -2.18. The van der Waals surface area contributed by atoms with Crippen LogP contribution in [-0.2, 0) is 11.2 Å². The minimum absolute atomic E-state index is 0.154. The van der Waals surface area contributed by atoms with Crippen molar-refractivity contribution >= 4 is 17.3 Å². The number of aliphatic carboxylic acids is 1. The van der Waals surface area contributed by atoms with E-state index < -0.39 is 5.97 Å². The van der Waals surface area contributed by atoms with Gasteiger partial charge in [0.15, 0.2) is 0 Å². The normalized spacial score (nSPS) is 20.5. The van der Waals surface area contributed by atoms with Crippen LogP contribution in [0.1, 0.15) is 40.8 Å². The quantitative estimate of drug-likeness (QED) is 0.816. The van der Waals surface area contributed by atoms with Gasteiger partial charge in [-0.05, 0) is 26.2 Å². The van der Waals surface area contributed by atoms with Crippen LogP contribution >= 0.6 is 11.3 Å². The van der Waals surface area contributed by atoms with Crippen molar-refractivity contribution in [2.45, 2.75) is 38.5 Å². The van der Waals surface area contributed by atoms with Crippen LogP contribution in [0.2, 0.25) is 0 Å². The van der Waals surface area contributed by atoms with Crippen LogP contribution < -0.4 is 0 Å². The van der Waals surface area contributed by atoms with E-state index in [2.05, 4.69) is 4.98 Å². The summed E-state index contributed by atoms with van der Waals surface area (Å²) < 4.78 is 0. The average Bonchev–Trinajstić information content (AvgIpc) is 2.45. The number of aromatic nitrogens is 1. The number of hydrogen-bond donors (Lipinski definition) is 1. The van der Waals surface area contributed by atoms with Crippen LogP contribution in [0, 0.1) is 6.92 Å². The summed E-state index contributed by atoms with van der Waals surface area (Å²) in [5.41, 5.74) is 1.06. The molecule has 1 N–H and O–H groups in total. The molecule has 0 bridgehead atoms. The highest BCUT2D eigenvalue weighted by molar-refractivity contribution is 7.11. The first kappa shape index (κ1) is 9.65. The summed E-state index contributed by atoms with van der Waals surface area (Å²) in [5.74, 6) is -0.560. The van der Waals surface area contributed by atoms with E-state index in [9.17, 15) is 4.79 Å². The van der Waals surface area contributed by atoms with Gasteiger partial charge in [-0.1, -0.05) is 0 Å². The Morgan fingerprint density at radius 2 is 2.50 bits per heavy atom. The second kappa shape index (κ2) is 3.69. The molecule has 0 aliphatic heterocycles. The maximum atomic E-state index is 10.7.